The number of tetrazole rings is 1. The highest BCUT2D eigenvalue weighted by Gasteiger charge is 2.28. The smallest absolute Gasteiger partial charge is 0.143 e. The quantitative estimate of drug-likeness (QED) is 0.716. The Bertz CT molecular complexity index is 822. The third kappa shape index (κ3) is 3.78. The summed E-state index contributed by atoms with van der Waals surface area (Å²) in [6.07, 6.45) is 1.56. The first-order chi connectivity index (χ1) is 11.9. The molecule has 25 heavy (non-hydrogen) atoms. The van der Waals surface area contributed by atoms with E-state index in [2.05, 4.69) is 27.8 Å². The maximum atomic E-state index is 10.8. The van der Waals surface area contributed by atoms with Crippen LogP contribution in [0.4, 0.5) is 0 Å². The third-order valence-electron chi connectivity index (χ3n) is 4.38. The van der Waals surface area contributed by atoms with Crippen molar-refractivity contribution in [1.29, 1.82) is 0 Å². The van der Waals surface area contributed by atoms with Crippen LogP contribution in [0.5, 0.6) is 0 Å². The molecular formula is C18H23N5O2. The van der Waals surface area contributed by atoms with Gasteiger partial charge in [-0.1, -0.05) is 12.1 Å². The second-order valence-electron chi connectivity index (χ2n) is 6.55. The molecule has 132 valence electrons. The molecule has 0 amide bonds. The number of aryl methyl sites for hydroxylation is 2. The van der Waals surface area contributed by atoms with E-state index in [1.807, 2.05) is 44.2 Å². The molecule has 0 bridgehead atoms. The molecule has 2 unspecified atom stereocenters. The molecule has 2 aromatic heterocycles. The molecular weight excluding hydrogens is 318 g/mol. The predicted octanol–water partition coefficient (Wildman–Crippen LogP) is 2.43. The molecule has 2 N–H and O–H groups in total. The fraction of sp³-hybridized carbons (Fsp3) is 0.389. The van der Waals surface area contributed by atoms with Crippen LogP contribution in [0, 0.1) is 13.8 Å². The number of furan rings is 1. The number of hydrogen-bond donors (Lipinski definition) is 2. The van der Waals surface area contributed by atoms with Crippen molar-refractivity contribution in [3.05, 3.63) is 59.3 Å². The first-order valence-electron chi connectivity index (χ1n) is 8.23. The van der Waals surface area contributed by atoms with Gasteiger partial charge in [-0.15, -0.1) is 5.10 Å². The number of benzene rings is 1. The van der Waals surface area contributed by atoms with E-state index in [0.29, 0.717) is 6.54 Å². The Morgan fingerprint density at radius 1 is 1.28 bits per heavy atom. The summed E-state index contributed by atoms with van der Waals surface area (Å²) in [7, 11) is 0. The second kappa shape index (κ2) is 6.78. The summed E-state index contributed by atoms with van der Waals surface area (Å²) in [5, 5.41) is 25.3. The molecule has 0 aliphatic heterocycles. The summed E-state index contributed by atoms with van der Waals surface area (Å²) in [6.45, 7) is 8.04. The Labute approximate surface area is 146 Å². The lowest BCUT2D eigenvalue weighted by Gasteiger charge is -2.26. The Morgan fingerprint density at radius 2 is 2.00 bits per heavy atom. The molecule has 0 spiro atoms. The van der Waals surface area contributed by atoms with Gasteiger partial charge in [0.15, 0.2) is 0 Å². The maximum Gasteiger partial charge on any atom is 0.143 e. The molecule has 0 saturated heterocycles. The van der Waals surface area contributed by atoms with E-state index < -0.39 is 5.60 Å². The number of nitrogens with zero attached hydrogens (tertiary/aromatic N) is 4. The highest BCUT2D eigenvalue weighted by Crippen LogP contribution is 2.27. The third-order valence-corrected chi connectivity index (χ3v) is 4.38. The maximum absolute atomic E-state index is 10.8. The van der Waals surface area contributed by atoms with Crippen LogP contribution >= 0.6 is 0 Å². The van der Waals surface area contributed by atoms with Gasteiger partial charge >= 0.3 is 0 Å². The minimum atomic E-state index is -0.998. The minimum absolute atomic E-state index is 0.0858. The van der Waals surface area contributed by atoms with Crippen LogP contribution in [0.25, 0.3) is 5.69 Å². The van der Waals surface area contributed by atoms with Crippen LogP contribution in [0.2, 0.25) is 0 Å². The Morgan fingerprint density at radius 3 is 2.56 bits per heavy atom. The van der Waals surface area contributed by atoms with Gasteiger partial charge in [0, 0.05) is 18.2 Å². The van der Waals surface area contributed by atoms with E-state index >= 15 is 0 Å². The predicted molar refractivity (Wildman–Crippen MR) is 93.3 cm³/mol. The Balaban J connectivity index is 1.66. The normalized spacial score (nSPS) is 15.1. The van der Waals surface area contributed by atoms with Gasteiger partial charge in [0.2, 0.25) is 0 Å². The van der Waals surface area contributed by atoms with E-state index in [-0.39, 0.29) is 6.04 Å². The fourth-order valence-corrected chi connectivity index (χ4v) is 2.93. The molecule has 0 aliphatic rings. The van der Waals surface area contributed by atoms with Crippen LogP contribution in [-0.4, -0.2) is 31.9 Å². The van der Waals surface area contributed by atoms with Gasteiger partial charge in [0.05, 0.1) is 5.69 Å². The minimum Gasteiger partial charge on any atom is -0.466 e. The fourth-order valence-electron chi connectivity index (χ4n) is 2.93. The molecule has 0 fully saturated rings. The summed E-state index contributed by atoms with van der Waals surface area (Å²) < 4.78 is 7.14. The van der Waals surface area contributed by atoms with Gasteiger partial charge in [0.25, 0.3) is 0 Å². The molecule has 7 heteroatoms. The average Bonchev–Trinajstić information content (AvgIpc) is 3.23. The Kier molecular flexibility index (Phi) is 4.69. The van der Waals surface area contributed by atoms with E-state index in [1.165, 1.54) is 0 Å². The average molecular weight is 341 g/mol. The summed E-state index contributed by atoms with van der Waals surface area (Å²) in [4.78, 5) is 0. The van der Waals surface area contributed by atoms with Gasteiger partial charge in [-0.05, 0) is 61.9 Å². The number of aromatic nitrogens is 4. The monoisotopic (exact) mass is 341 g/mol. The zero-order valence-corrected chi connectivity index (χ0v) is 14.9. The van der Waals surface area contributed by atoms with E-state index in [4.69, 9.17) is 4.42 Å². The van der Waals surface area contributed by atoms with Gasteiger partial charge in [-0.3, -0.25) is 0 Å². The molecule has 3 aromatic rings. The van der Waals surface area contributed by atoms with Crippen molar-refractivity contribution in [2.24, 2.45) is 0 Å². The zero-order chi connectivity index (χ0) is 18.0. The highest BCUT2D eigenvalue weighted by atomic mass is 16.3. The number of hydrogen-bond acceptors (Lipinski definition) is 6. The summed E-state index contributed by atoms with van der Waals surface area (Å²) in [5.41, 5.74) is 1.84. The van der Waals surface area contributed by atoms with Crippen molar-refractivity contribution < 1.29 is 9.52 Å². The van der Waals surface area contributed by atoms with Crippen molar-refractivity contribution in [2.75, 3.05) is 6.54 Å². The van der Waals surface area contributed by atoms with Crippen LogP contribution in [0.1, 0.15) is 42.5 Å². The standard InChI is InChI=1S/C18H23N5O2/c1-12-9-17(14(3)25-12)18(4,24)10-19-13(2)15-5-7-16(8-6-15)23-11-20-21-22-23/h5-9,11,13,19,24H,10H2,1-4H3. The second-order valence-corrected chi connectivity index (χ2v) is 6.55. The van der Waals surface area contributed by atoms with Crippen molar-refractivity contribution in [2.45, 2.75) is 39.3 Å². The number of nitrogens with one attached hydrogen (secondary N) is 1. The van der Waals surface area contributed by atoms with Crippen LogP contribution in [0.3, 0.4) is 0 Å². The first kappa shape index (κ1) is 17.3. The molecule has 0 radical (unpaired) electrons. The van der Waals surface area contributed by atoms with E-state index in [1.54, 1.807) is 17.9 Å². The summed E-state index contributed by atoms with van der Waals surface area (Å²) in [6, 6.07) is 9.95. The summed E-state index contributed by atoms with van der Waals surface area (Å²) in [5.74, 6) is 1.56. The van der Waals surface area contributed by atoms with Crippen LogP contribution < -0.4 is 5.32 Å². The van der Waals surface area contributed by atoms with Gasteiger partial charge in [-0.25, -0.2) is 4.68 Å². The van der Waals surface area contributed by atoms with Crippen LogP contribution in [-0.2, 0) is 5.60 Å². The molecule has 2 atom stereocenters. The van der Waals surface area contributed by atoms with Gasteiger partial charge in [-0.2, -0.15) is 0 Å². The molecule has 2 heterocycles. The van der Waals surface area contributed by atoms with E-state index in [0.717, 1.165) is 28.3 Å². The molecule has 0 saturated carbocycles. The lowest BCUT2D eigenvalue weighted by atomic mass is 9.95. The van der Waals surface area contributed by atoms with Crippen molar-refractivity contribution in [1.82, 2.24) is 25.5 Å². The molecule has 7 nitrogen and oxygen atoms in total. The van der Waals surface area contributed by atoms with Crippen molar-refractivity contribution in [3.63, 3.8) is 0 Å². The van der Waals surface area contributed by atoms with Gasteiger partial charge < -0.3 is 14.8 Å². The van der Waals surface area contributed by atoms with Crippen LogP contribution in [0.15, 0.2) is 41.1 Å². The van der Waals surface area contributed by atoms with Crippen molar-refractivity contribution in [3.8, 4) is 5.69 Å². The lowest BCUT2D eigenvalue weighted by molar-refractivity contribution is 0.0529. The SMILES string of the molecule is Cc1cc(C(C)(O)CNC(C)c2ccc(-n3cnnn3)cc2)c(C)o1. The highest BCUT2D eigenvalue weighted by molar-refractivity contribution is 5.34. The van der Waals surface area contributed by atoms with Crippen molar-refractivity contribution >= 4 is 0 Å². The lowest BCUT2D eigenvalue weighted by Crippen LogP contribution is -2.36. The van der Waals surface area contributed by atoms with Gasteiger partial charge in [0.1, 0.15) is 23.4 Å². The topological polar surface area (TPSA) is 89.0 Å². The largest absolute Gasteiger partial charge is 0.466 e. The number of aliphatic hydroxyl groups is 1. The first-order valence-corrected chi connectivity index (χ1v) is 8.23. The van der Waals surface area contributed by atoms with E-state index in [9.17, 15) is 5.11 Å². The summed E-state index contributed by atoms with van der Waals surface area (Å²) >= 11 is 0. The molecule has 1 aromatic carbocycles. The molecule has 3 rings (SSSR count). The molecule has 0 aliphatic carbocycles. The Hall–Kier alpha value is -2.51. The number of rotatable bonds is 6. The zero-order valence-electron chi connectivity index (χ0n) is 14.9.